The number of thiazole rings is 1. The van der Waals surface area contributed by atoms with Crippen LogP contribution in [0.15, 0.2) is 35.8 Å². The van der Waals surface area contributed by atoms with Gasteiger partial charge in [-0.05, 0) is 24.1 Å². The summed E-state index contributed by atoms with van der Waals surface area (Å²) in [7, 11) is 0. The molecule has 1 aliphatic heterocycles. The SMILES string of the molecule is CCC(NC(=O)N1CCN(c2nccs2)CC1)c1cccc(Cl)c1. The van der Waals surface area contributed by atoms with Crippen LogP contribution in [-0.4, -0.2) is 42.1 Å². The number of piperazine rings is 1. The minimum Gasteiger partial charge on any atom is -0.345 e. The number of amides is 2. The van der Waals surface area contributed by atoms with E-state index in [4.69, 9.17) is 11.6 Å². The Morgan fingerprint density at radius 3 is 2.79 bits per heavy atom. The maximum atomic E-state index is 12.6. The van der Waals surface area contributed by atoms with Crippen LogP contribution in [0.2, 0.25) is 5.02 Å². The maximum Gasteiger partial charge on any atom is 0.318 e. The number of hydrogen-bond donors (Lipinski definition) is 1. The lowest BCUT2D eigenvalue weighted by Gasteiger charge is -2.35. The van der Waals surface area contributed by atoms with Gasteiger partial charge in [0.1, 0.15) is 0 Å². The highest BCUT2D eigenvalue weighted by Gasteiger charge is 2.24. The third-order valence-corrected chi connectivity index (χ3v) is 5.28. The van der Waals surface area contributed by atoms with Crippen molar-refractivity contribution in [1.82, 2.24) is 15.2 Å². The molecule has 1 atom stereocenters. The number of carbonyl (C=O) groups excluding carboxylic acids is 1. The van der Waals surface area contributed by atoms with Crippen LogP contribution < -0.4 is 10.2 Å². The van der Waals surface area contributed by atoms with E-state index < -0.39 is 0 Å². The van der Waals surface area contributed by atoms with Crippen molar-refractivity contribution in [2.75, 3.05) is 31.1 Å². The minimum absolute atomic E-state index is 0.0133. The van der Waals surface area contributed by atoms with Crippen LogP contribution in [-0.2, 0) is 0 Å². The van der Waals surface area contributed by atoms with Gasteiger partial charge in [-0.2, -0.15) is 0 Å². The molecule has 1 saturated heterocycles. The predicted octanol–water partition coefficient (Wildman–Crippen LogP) is 3.78. The zero-order valence-electron chi connectivity index (χ0n) is 13.6. The second kappa shape index (κ2) is 7.85. The minimum atomic E-state index is -0.0202. The summed E-state index contributed by atoms with van der Waals surface area (Å²) in [4.78, 5) is 21.0. The summed E-state index contributed by atoms with van der Waals surface area (Å²) in [5, 5.41) is 6.82. The lowest BCUT2D eigenvalue weighted by atomic mass is 10.0. The second-order valence-electron chi connectivity index (χ2n) is 5.75. The summed E-state index contributed by atoms with van der Waals surface area (Å²) in [5.41, 5.74) is 1.04. The number of halogens is 1. The van der Waals surface area contributed by atoms with Crippen LogP contribution in [0.25, 0.3) is 0 Å². The second-order valence-corrected chi connectivity index (χ2v) is 7.06. The molecule has 1 aromatic heterocycles. The fourth-order valence-corrected chi connectivity index (χ4v) is 3.75. The van der Waals surface area contributed by atoms with Gasteiger partial charge in [0.15, 0.2) is 5.13 Å². The number of carbonyl (C=O) groups is 1. The first-order chi connectivity index (χ1) is 11.7. The van der Waals surface area contributed by atoms with E-state index in [9.17, 15) is 4.79 Å². The van der Waals surface area contributed by atoms with Crippen LogP contribution in [0.1, 0.15) is 24.9 Å². The Bertz CT molecular complexity index is 671. The number of aromatic nitrogens is 1. The quantitative estimate of drug-likeness (QED) is 0.898. The van der Waals surface area contributed by atoms with Crippen LogP contribution in [0.5, 0.6) is 0 Å². The Morgan fingerprint density at radius 1 is 1.38 bits per heavy atom. The molecule has 1 aliphatic rings. The highest BCUT2D eigenvalue weighted by Crippen LogP contribution is 2.22. The molecule has 0 aliphatic carbocycles. The Kier molecular flexibility index (Phi) is 5.58. The number of hydrogen-bond acceptors (Lipinski definition) is 4. The Labute approximate surface area is 151 Å². The summed E-state index contributed by atoms with van der Waals surface area (Å²) in [6, 6.07) is 7.64. The molecule has 2 amide bonds. The lowest BCUT2D eigenvalue weighted by Crippen LogP contribution is -2.52. The third-order valence-electron chi connectivity index (χ3n) is 4.21. The van der Waals surface area contributed by atoms with Crippen molar-refractivity contribution in [3.63, 3.8) is 0 Å². The average molecular weight is 365 g/mol. The van der Waals surface area contributed by atoms with Gasteiger partial charge in [0, 0.05) is 42.8 Å². The molecule has 0 bridgehead atoms. The van der Waals surface area contributed by atoms with Gasteiger partial charge in [-0.1, -0.05) is 30.7 Å². The number of urea groups is 1. The number of nitrogens with one attached hydrogen (secondary N) is 1. The smallest absolute Gasteiger partial charge is 0.318 e. The molecule has 1 unspecified atom stereocenters. The molecule has 0 spiro atoms. The molecule has 1 aromatic carbocycles. The van der Waals surface area contributed by atoms with Crippen LogP contribution >= 0.6 is 22.9 Å². The van der Waals surface area contributed by atoms with Gasteiger partial charge >= 0.3 is 6.03 Å². The zero-order chi connectivity index (χ0) is 16.9. The molecule has 1 fully saturated rings. The molecule has 24 heavy (non-hydrogen) atoms. The van der Waals surface area contributed by atoms with Crippen molar-refractivity contribution in [2.24, 2.45) is 0 Å². The molecule has 0 radical (unpaired) electrons. The van der Waals surface area contributed by atoms with E-state index in [0.717, 1.165) is 30.2 Å². The van der Waals surface area contributed by atoms with E-state index in [-0.39, 0.29) is 12.1 Å². The summed E-state index contributed by atoms with van der Waals surface area (Å²) >= 11 is 7.70. The molecule has 0 saturated carbocycles. The van der Waals surface area contributed by atoms with Gasteiger partial charge in [-0.3, -0.25) is 0 Å². The zero-order valence-corrected chi connectivity index (χ0v) is 15.2. The normalized spacial score (nSPS) is 16.1. The molecule has 1 N–H and O–H groups in total. The summed E-state index contributed by atoms with van der Waals surface area (Å²) in [6.07, 6.45) is 2.64. The molecular weight excluding hydrogens is 344 g/mol. The lowest BCUT2D eigenvalue weighted by molar-refractivity contribution is 0.190. The fraction of sp³-hybridized carbons (Fsp3) is 0.412. The Morgan fingerprint density at radius 2 is 2.17 bits per heavy atom. The van der Waals surface area contributed by atoms with E-state index in [2.05, 4.69) is 22.1 Å². The van der Waals surface area contributed by atoms with Gasteiger partial charge in [0.25, 0.3) is 0 Å². The predicted molar refractivity (Wildman–Crippen MR) is 98.9 cm³/mol. The van der Waals surface area contributed by atoms with Crippen LogP contribution in [0.4, 0.5) is 9.93 Å². The van der Waals surface area contributed by atoms with Gasteiger partial charge in [-0.25, -0.2) is 9.78 Å². The van der Waals surface area contributed by atoms with E-state index in [1.807, 2.05) is 40.7 Å². The summed E-state index contributed by atoms with van der Waals surface area (Å²) in [5.74, 6) is 0. The Balaban J connectivity index is 1.57. The van der Waals surface area contributed by atoms with Crippen molar-refractivity contribution in [3.05, 3.63) is 46.4 Å². The molecule has 3 rings (SSSR count). The number of nitrogens with zero attached hydrogens (tertiary/aromatic N) is 3. The van der Waals surface area contributed by atoms with Gasteiger partial charge in [0.2, 0.25) is 0 Å². The molecule has 128 valence electrons. The monoisotopic (exact) mass is 364 g/mol. The molecule has 2 heterocycles. The first-order valence-corrected chi connectivity index (χ1v) is 9.38. The van der Waals surface area contributed by atoms with Crippen molar-refractivity contribution in [2.45, 2.75) is 19.4 Å². The van der Waals surface area contributed by atoms with Gasteiger partial charge < -0.3 is 15.1 Å². The highest BCUT2D eigenvalue weighted by atomic mass is 35.5. The standard InChI is InChI=1S/C17H21ClN4OS/c1-2-15(13-4-3-5-14(18)12-13)20-16(23)21-7-9-22(10-8-21)17-19-6-11-24-17/h3-6,11-12,15H,2,7-10H2,1H3,(H,20,23). The molecule has 2 aromatic rings. The first kappa shape index (κ1) is 17.0. The highest BCUT2D eigenvalue weighted by molar-refractivity contribution is 7.13. The van der Waals surface area contributed by atoms with Crippen molar-refractivity contribution >= 4 is 34.1 Å². The van der Waals surface area contributed by atoms with Crippen molar-refractivity contribution in [1.29, 1.82) is 0 Å². The summed E-state index contributed by atoms with van der Waals surface area (Å²) < 4.78 is 0. The van der Waals surface area contributed by atoms with E-state index >= 15 is 0 Å². The van der Waals surface area contributed by atoms with E-state index in [1.165, 1.54) is 0 Å². The molecule has 7 heteroatoms. The fourth-order valence-electron chi connectivity index (χ4n) is 2.86. The van der Waals surface area contributed by atoms with Crippen molar-refractivity contribution in [3.8, 4) is 0 Å². The number of anilines is 1. The van der Waals surface area contributed by atoms with Gasteiger partial charge in [-0.15, -0.1) is 11.3 Å². The number of rotatable bonds is 4. The third kappa shape index (κ3) is 3.99. The summed E-state index contributed by atoms with van der Waals surface area (Å²) in [6.45, 7) is 5.10. The number of benzene rings is 1. The van der Waals surface area contributed by atoms with Crippen LogP contribution in [0, 0.1) is 0 Å². The first-order valence-electron chi connectivity index (χ1n) is 8.12. The largest absolute Gasteiger partial charge is 0.345 e. The van der Waals surface area contributed by atoms with E-state index in [1.54, 1.807) is 11.3 Å². The average Bonchev–Trinajstić information content (AvgIpc) is 3.14. The van der Waals surface area contributed by atoms with Crippen LogP contribution in [0.3, 0.4) is 0 Å². The molecule has 5 nitrogen and oxygen atoms in total. The Hall–Kier alpha value is -1.79. The van der Waals surface area contributed by atoms with Crippen molar-refractivity contribution < 1.29 is 4.79 Å². The van der Waals surface area contributed by atoms with E-state index in [0.29, 0.717) is 18.1 Å². The topological polar surface area (TPSA) is 48.5 Å². The molecular formula is C17H21ClN4OS. The van der Waals surface area contributed by atoms with Gasteiger partial charge in [0.05, 0.1) is 6.04 Å². The maximum absolute atomic E-state index is 12.6.